The second kappa shape index (κ2) is 2.69. The van der Waals surface area contributed by atoms with Gasteiger partial charge in [0.15, 0.2) is 0 Å². The number of hydrogen-bond donors (Lipinski definition) is 0. The fourth-order valence-corrected chi connectivity index (χ4v) is 1.46. The van der Waals surface area contributed by atoms with Crippen LogP contribution in [0.5, 0.6) is 0 Å². The monoisotopic (exact) mass is 173 g/mol. The second-order valence-corrected chi connectivity index (χ2v) is 3.11. The maximum Gasteiger partial charge on any atom is 0.143 e. The third kappa shape index (κ3) is 1.13. The number of nitrogens with zero attached hydrogens (tertiary/aromatic N) is 3. The highest BCUT2D eigenvalue weighted by atomic mass is 15.2. The van der Waals surface area contributed by atoms with E-state index in [9.17, 15) is 0 Å². The first-order chi connectivity index (χ1) is 6.20. The molecule has 1 aromatic heterocycles. The molecular weight excluding hydrogens is 162 g/mol. The summed E-state index contributed by atoms with van der Waals surface area (Å²) in [7, 11) is 1.97. The first-order valence-corrected chi connectivity index (χ1v) is 4.12. The van der Waals surface area contributed by atoms with Crippen molar-refractivity contribution in [3.05, 3.63) is 36.4 Å². The molecule has 0 bridgehead atoms. The van der Waals surface area contributed by atoms with Crippen LogP contribution in [0.1, 0.15) is 11.3 Å². The van der Waals surface area contributed by atoms with Crippen LogP contribution in [0.3, 0.4) is 0 Å². The molecule has 2 heterocycles. The van der Waals surface area contributed by atoms with Crippen LogP contribution in [0, 0.1) is 6.92 Å². The molecule has 3 nitrogen and oxygen atoms in total. The Morgan fingerprint density at radius 2 is 2.15 bits per heavy atom. The first-order valence-electron chi connectivity index (χ1n) is 4.12. The topological polar surface area (TPSA) is 29.0 Å². The van der Waals surface area contributed by atoms with Crippen molar-refractivity contribution in [2.45, 2.75) is 6.92 Å². The number of fused-ring (bicyclic) bond motifs is 1. The van der Waals surface area contributed by atoms with Crippen LogP contribution < -0.4 is 4.90 Å². The lowest BCUT2D eigenvalue weighted by molar-refractivity contribution is 1.02. The van der Waals surface area contributed by atoms with E-state index in [1.807, 2.05) is 31.1 Å². The van der Waals surface area contributed by atoms with E-state index in [-0.39, 0.29) is 0 Å². The van der Waals surface area contributed by atoms with Gasteiger partial charge in [-0.05, 0) is 18.6 Å². The summed E-state index contributed by atoms with van der Waals surface area (Å²) in [4.78, 5) is 10.3. The maximum atomic E-state index is 4.21. The standard InChI is InChI=1S/C10H11N3/c1-7-4-5-13(3)10-9(7)8(2)11-6-12-10/h4-6H,1H2,2-3H3. The Balaban J connectivity index is 2.68. The zero-order chi connectivity index (χ0) is 9.42. The molecule has 1 aliphatic heterocycles. The summed E-state index contributed by atoms with van der Waals surface area (Å²) in [6, 6.07) is 0. The lowest BCUT2D eigenvalue weighted by Gasteiger charge is -2.22. The van der Waals surface area contributed by atoms with Crippen molar-refractivity contribution in [1.29, 1.82) is 0 Å². The van der Waals surface area contributed by atoms with Gasteiger partial charge in [0.1, 0.15) is 12.1 Å². The van der Waals surface area contributed by atoms with Crippen molar-refractivity contribution in [3.63, 3.8) is 0 Å². The van der Waals surface area contributed by atoms with Crippen molar-refractivity contribution >= 4 is 11.4 Å². The number of aryl methyl sites for hydroxylation is 1. The highest BCUT2D eigenvalue weighted by Gasteiger charge is 2.15. The van der Waals surface area contributed by atoms with Crippen LogP contribution in [-0.2, 0) is 0 Å². The van der Waals surface area contributed by atoms with Crippen LogP contribution in [0.25, 0.3) is 5.57 Å². The van der Waals surface area contributed by atoms with E-state index in [1.54, 1.807) is 6.33 Å². The normalized spacial score (nSPS) is 14.6. The maximum absolute atomic E-state index is 4.21. The predicted octanol–water partition coefficient (Wildman–Crippen LogP) is 1.76. The van der Waals surface area contributed by atoms with Crippen molar-refractivity contribution in [2.24, 2.45) is 0 Å². The summed E-state index contributed by atoms with van der Waals surface area (Å²) in [5.74, 6) is 0.931. The molecule has 3 heteroatoms. The van der Waals surface area contributed by atoms with Crippen LogP contribution in [-0.4, -0.2) is 17.0 Å². The smallest absolute Gasteiger partial charge is 0.143 e. The fraction of sp³-hybridized carbons (Fsp3) is 0.200. The largest absolute Gasteiger partial charge is 0.335 e. The fourth-order valence-electron chi connectivity index (χ4n) is 1.46. The first kappa shape index (κ1) is 7.98. The highest BCUT2D eigenvalue weighted by Crippen LogP contribution is 2.29. The van der Waals surface area contributed by atoms with Gasteiger partial charge in [-0.25, -0.2) is 9.97 Å². The summed E-state index contributed by atoms with van der Waals surface area (Å²) in [5.41, 5.74) is 3.00. The molecule has 0 saturated heterocycles. The van der Waals surface area contributed by atoms with E-state index in [4.69, 9.17) is 0 Å². The van der Waals surface area contributed by atoms with E-state index >= 15 is 0 Å². The minimum atomic E-state index is 0.931. The highest BCUT2D eigenvalue weighted by molar-refractivity contribution is 5.83. The molecular formula is C10H11N3. The Hall–Kier alpha value is -1.64. The third-order valence-electron chi connectivity index (χ3n) is 2.17. The molecule has 0 fully saturated rings. The van der Waals surface area contributed by atoms with E-state index in [1.165, 1.54) is 0 Å². The lowest BCUT2D eigenvalue weighted by atomic mass is 10.0. The molecule has 0 aromatic carbocycles. The van der Waals surface area contributed by atoms with Gasteiger partial charge >= 0.3 is 0 Å². The summed E-state index contributed by atoms with van der Waals surface area (Å²) < 4.78 is 0. The Kier molecular flexibility index (Phi) is 1.65. The molecule has 13 heavy (non-hydrogen) atoms. The second-order valence-electron chi connectivity index (χ2n) is 3.11. The summed E-state index contributed by atoms with van der Waals surface area (Å²) in [6.45, 7) is 5.93. The average Bonchev–Trinajstić information content (AvgIpc) is 2.12. The van der Waals surface area contributed by atoms with E-state index < -0.39 is 0 Å². The molecule has 0 spiro atoms. The van der Waals surface area contributed by atoms with Crippen LogP contribution in [0.4, 0.5) is 5.82 Å². The molecule has 0 amide bonds. The van der Waals surface area contributed by atoms with Crippen LogP contribution in [0.2, 0.25) is 0 Å². The van der Waals surface area contributed by atoms with Gasteiger partial charge in [0, 0.05) is 18.8 Å². The molecule has 0 atom stereocenters. The Bertz CT molecular complexity index is 393. The van der Waals surface area contributed by atoms with Crippen molar-refractivity contribution in [3.8, 4) is 0 Å². The summed E-state index contributed by atoms with van der Waals surface area (Å²) >= 11 is 0. The van der Waals surface area contributed by atoms with Gasteiger partial charge in [-0.2, -0.15) is 0 Å². The third-order valence-corrected chi connectivity index (χ3v) is 2.17. The Labute approximate surface area is 77.4 Å². The number of aromatic nitrogens is 2. The molecule has 0 saturated carbocycles. The molecule has 2 rings (SSSR count). The quantitative estimate of drug-likeness (QED) is 0.598. The van der Waals surface area contributed by atoms with Crippen molar-refractivity contribution < 1.29 is 0 Å². The van der Waals surface area contributed by atoms with Gasteiger partial charge in [0.2, 0.25) is 0 Å². The summed E-state index contributed by atoms with van der Waals surface area (Å²) in [5, 5.41) is 0. The molecule has 0 N–H and O–H groups in total. The van der Waals surface area contributed by atoms with Gasteiger partial charge in [0.05, 0.1) is 5.69 Å². The minimum Gasteiger partial charge on any atom is -0.335 e. The molecule has 0 radical (unpaired) electrons. The molecule has 1 aromatic rings. The molecule has 66 valence electrons. The summed E-state index contributed by atoms with van der Waals surface area (Å²) in [6.07, 6.45) is 5.51. The number of allylic oxidation sites excluding steroid dienone is 2. The number of hydrogen-bond acceptors (Lipinski definition) is 3. The van der Waals surface area contributed by atoms with Gasteiger partial charge in [-0.15, -0.1) is 0 Å². The predicted molar refractivity (Wildman–Crippen MR) is 53.3 cm³/mol. The van der Waals surface area contributed by atoms with Gasteiger partial charge in [-0.3, -0.25) is 0 Å². The minimum absolute atomic E-state index is 0.931. The van der Waals surface area contributed by atoms with Gasteiger partial charge < -0.3 is 4.90 Å². The van der Waals surface area contributed by atoms with Crippen LogP contribution >= 0.6 is 0 Å². The van der Waals surface area contributed by atoms with E-state index in [0.29, 0.717) is 0 Å². The molecule has 1 aliphatic rings. The Morgan fingerprint density at radius 1 is 1.38 bits per heavy atom. The zero-order valence-corrected chi connectivity index (χ0v) is 7.78. The van der Waals surface area contributed by atoms with E-state index in [2.05, 4.69) is 16.5 Å². The van der Waals surface area contributed by atoms with Gasteiger partial charge in [0.25, 0.3) is 0 Å². The number of anilines is 1. The van der Waals surface area contributed by atoms with Gasteiger partial charge in [-0.1, -0.05) is 6.58 Å². The lowest BCUT2D eigenvalue weighted by Crippen LogP contribution is -2.16. The van der Waals surface area contributed by atoms with Crippen molar-refractivity contribution in [2.75, 3.05) is 11.9 Å². The van der Waals surface area contributed by atoms with Crippen LogP contribution in [0.15, 0.2) is 25.2 Å². The van der Waals surface area contributed by atoms with E-state index in [0.717, 1.165) is 22.6 Å². The molecule has 0 unspecified atom stereocenters. The zero-order valence-electron chi connectivity index (χ0n) is 7.78. The SMILES string of the molecule is C=C1C=CN(C)c2ncnc(C)c21. The molecule has 0 aliphatic carbocycles. The Morgan fingerprint density at radius 3 is 2.85 bits per heavy atom. The van der Waals surface area contributed by atoms with Crippen molar-refractivity contribution in [1.82, 2.24) is 9.97 Å². The number of rotatable bonds is 0. The average molecular weight is 173 g/mol.